The van der Waals surface area contributed by atoms with Crippen LogP contribution in [0, 0.1) is 0 Å². The summed E-state index contributed by atoms with van der Waals surface area (Å²) < 4.78 is 156. The fraction of sp³-hybridized carbons (Fsp3) is 0.0508. The first-order valence-electron chi connectivity index (χ1n) is 28.0. The van der Waals surface area contributed by atoms with Gasteiger partial charge < -0.3 is 0 Å². The summed E-state index contributed by atoms with van der Waals surface area (Å²) in [5.74, 6) is 0. The van der Waals surface area contributed by atoms with Crippen molar-refractivity contribution in [1.82, 2.24) is 0 Å². The zero-order chi connectivity index (χ0) is 53.8. The zero-order valence-electron chi connectivity index (χ0n) is 48.7. The van der Waals surface area contributed by atoms with E-state index in [1.165, 1.54) is 6.07 Å². The van der Waals surface area contributed by atoms with Gasteiger partial charge in [-0.1, -0.05) is 195 Å². The standard InChI is InChI=1S/C59H38/c1-59(2)53-16-6-5-15-48(53)52-34-42(26-32-54(52)59)44-27-25-41(33-51(44)47-29-22-40-20-18-36-10-8-12-38-24-31-50(47)58(40)56(36)38)43-13-3-4-14-45(43)46-28-21-39-19-17-35-9-7-11-37-23-30-49(46)57(39)55(35)37/h3-34H,1-2H3/i7D,8D,9D,10D,11D,12D,17D,18D,19D,20D,21D,22D,23D,24D,29D,30D,31D. The van der Waals surface area contributed by atoms with Gasteiger partial charge in [0.05, 0.1) is 23.3 Å². The molecule has 0 spiro atoms. The maximum absolute atomic E-state index is 9.92. The smallest absolute Gasteiger partial charge is 0.0619 e. The Morgan fingerprint density at radius 2 is 0.797 bits per heavy atom. The van der Waals surface area contributed by atoms with E-state index in [4.69, 9.17) is 12.3 Å². The van der Waals surface area contributed by atoms with Gasteiger partial charge in [-0.15, -0.1) is 0 Å². The maximum atomic E-state index is 9.92. The summed E-state index contributed by atoms with van der Waals surface area (Å²) in [7, 11) is 0. The molecule has 0 aliphatic heterocycles. The van der Waals surface area contributed by atoms with Crippen molar-refractivity contribution >= 4 is 64.6 Å². The van der Waals surface area contributed by atoms with Crippen LogP contribution in [0.25, 0.3) is 120 Å². The Hall–Kier alpha value is -7.28. The number of benzene rings is 12. The Morgan fingerprint density at radius 1 is 0.322 bits per heavy atom. The molecule has 0 nitrogen and oxygen atoms in total. The summed E-state index contributed by atoms with van der Waals surface area (Å²) in [5, 5.41) is -0.271. The van der Waals surface area contributed by atoms with Gasteiger partial charge in [-0.05, 0) is 144 Å². The lowest BCUT2D eigenvalue weighted by Crippen LogP contribution is -2.14. The minimum absolute atomic E-state index is 0.00120. The Labute approximate surface area is 367 Å². The fourth-order valence-electron chi connectivity index (χ4n) is 9.63. The molecule has 0 bridgehead atoms. The molecule has 274 valence electrons. The molecule has 0 saturated carbocycles. The van der Waals surface area contributed by atoms with Crippen molar-refractivity contribution in [1.29, 1.82) is 0 Å². The van der Waals surface area contributed by atoms with Crippen LogP contribution in [0.3, 0.4) is 0 Å². The van der Waals surface area contributed by atoms with Crippen LogP contribution < -0.4 is 0 Å². The molecule has 1 aliphatic rings. The average Bonchev–Trinajstić information content (AvgIpc) is 3.79. The minimum atomic E-state index is -0.571. The van der Waals surface area contributed by atoms with Gasteiger partial charge in [-0.3, -0.25) is 0 Å². The second kappa shape index (κ2) is 11.9. The molecule has 0 atom stereocenters. The molecule has 59 heavy (non-hydrogen) atoms. The summed E-state index contributed by atoms with van der Waals surface area (Å²) in [6, 6.07) is 20.9. The van der Waals surface area contributed by atoms with Gasteiger partial charge in [-0.2, -0.15) is 0 Å². The molecule has 0 heteroatoms. The molecule has 0 heterocycles. The minimum Gasteiger partial charge on any atom is -0.0619 e. The first-order chi connectivity index (χ1) is 36.1. The number of rotatable bonds is 4. The van der Waals surface area contributed by atoms with E-state index in [9.17, 15) is 11.0 Å². The van der Waals surface area contributed by atoms with Crippen LogP contribution in [0.5, 0.6) is 0 Å². The van der Waals surface area contributed by atoms with Crippen molar-refractivity contribution in [3.05, 3.63) is 205 Å². The van der Waals surface area contributed by atoms with E-state index < -0.39 is 90.6 Å². The van der Waals surface area contributed by atoms with Crippen molar-refractivity contribution in [2.75, 3.05) is 0 Å². The maximum Gasteiger partial charge on any atom is 0.0630 e. The van der Waals surface area contributed by atoms with Crippen LogP contribution >= 0.6 is 0 Å². The Morgan fingerprint density at radius 3 is 1.47 bits per heavy atom. The van der Waals surface area contributed by atoms with Crippen LogP contribution in [-0.2, 0) is 5.41 Å². The van der Waals surface area contributed by atoms with E-state index >= 15 is 0 Å². The predicted molar refractivity (Wildman–Crippen MR) is 253 cm³/mol. The summed E-state index contributed by atoms with van der Waals surface area (Å²) in [6.07, 6.45) is 0. The third kappa shape index (κ3) is 4.55. The Balaban J connectivity index is 1.16. The van der Waals surface area contributed by atoms with E-state index in [0.29, 0.717) is 38.9 Å². The van der Waals surface area contributed by atoms with E-state index in [1.54, 1.807) is 24.3 Å². The van der Waals surface area contributed by atoms with Gasteiger partial charge in [0.1, 0.15) is 0 Å². The van der Waals surface area contributed by atoms with Crippen molar-refractivity contribution in [2.24, 2.45) is 0 Å². The molecular formula is C59H38. The Kier molecular flexibility index (Phi) is 4.11. The lowest BCUT2D eigenvalue weighted by Gasteiger charge is -2.22. The van der Waals surface area contributed by atoms with E-state index in [0.717, 1.165) is 22.3 Å². The molecule has 0 amide bonds. The molecule has 0 unspecified atom stereocenters. The predicted octanol–water partition coefficient (Wildman–Crippen LogP) is 16.5. The number of fused-ring (bicyclic) bond motifs is 3. The number of hydrogen-bond donors (Lipinski definition) is 0. The third-order valence-corrected chi connectivity index (χ3v) is 12.4. The highest BCUT2D eigenvalue weighted by atomic mass is 14.4. The lowest BCUT2D eigenvalue weighted by molar-refractivity contribution is 0.660. The second-order valence-electron chi connectivity index (χ2n) is 15.8. The molecule has 12 aromatic carbocycles. The summed E-state index contributed by atoms with van der Waals surface area (Å²) >= 11 is 0. The molecular weight excluding hydrogens is 709 g/mol. The van der Waals surface area contributed by atoms with Gasteiger partial charge in [0, 0.05) is 5.41 Å². The van der Waals surface area contributed by atoms with Crippen molar-refractivity contribution in [3.63, 3.8) is 0 Å². The monoisotopic (exact) mass is 763 g/mol. The lowest BCUT2D eigenvalue weighted by atomic mass is 9.81. The molecule has 0 radical (unpaired) electrons. The molecule has 0 aromatic heterocycles. The van der Waals surface area contributed by atoms with Gasteiger partial charge >= 0.3 is 0 Å². The molecule has 1 aliphatic carbocycles. The van der Waals surface area contributed by atoms with Crippen molar-refractivity contribution in [2.45, 2.75) is 19.3 Å². The highest BCUT2D eigenvalue weighted by Gasteiger charge is 2.35. The van der Waals surface area contributed by atoms with Crippen molar-refractivity contribution in [3.8, 4) is 55.6 Å². The normalized spacial score (nSPS) is 17.4. The number of hydrogen-bond acceptors (Lipinski definition) is 0. The van der Waals surface area contributed by atoms with Crippen LogP contribution in [-0.4, -0.2) is 0 Å². The molecule has 0 N–H and O–H groups in total. The van der Waals surface area contributed by atoms with Crippen LogP contribution in [0.1, 0.15) is 48.3 Å². The highest BCUT2D eigenvalue weighted by Crippen LogP contribution is 2.51. The van der Waals surface area contributed by atoms with Crippen LogP contribution in [0.2, 0.25) is 0 Å². The summed E-state index contributed by atoms with van der Waals surface area (Å²) in [5.41, 5.74) is 7.38. The van der Waals surface area contributed by atoms with E-state index in [-0.39, 0.29) is 87.7 Å². The van der Waals surface area contributed by atoms with Crippen LogP contribution in [0.4, 0.5) is 0 Å². The van der Waals surface area contributed by atoms with Gasteiger partial charge in [0.2, 0.25) is 0 Å². The largest absolute Gasteiger partial charge is 0.0630 e. The first kappa shape index (κ1) is 20.4. The van der Waals surface area contributed by atoms with Gasteiger partial charge in [0.25, 0.3) is 0 Å². The molecule has 0 saturated heterocycles. The average molecular weight is 764 g/mol. The topological polar surface area (TPSA) is 0 Å². The second-order valence-corrected chi connectivity index (χ2v) is 15.8. The summed E-state index contributed by atoms with van der Waals surface area (Å²) in [4.78, 5) is 0. The molecule has 13 rings (SSSR count). The van der Waals surface area contributed by atoms with Gasteiger partial charge in [-0.25, -0.2) is 0 Å². The third-order valence-electron chi connectivity index (χ3n) is 12.4. The first-order valence-corrected chi connectivity index (χ1v) is 19.5. The van der Waals surface area contributed by atoms with E-state index in [2.05, 4.69) is 38.1 Å². The zero-order valence-corrected chi connectivity index (χ0v) is 31.7. The summed E-state index contributed by atoms with van der Waals surface area (Å²) in [6.45, 7) is 4.33. The quantitative estimate of drug-likeness (QED) is 0.157. The molecule has 12 aromatic rings. The fourth-order valence-corrected chi connectivity index (χ4v) is 9.63. The van der Waals surface area contributed by atoms with Crippen LogP contribution in [0.15, 0.2) is 194 Å². The van der Waals surface area contributed by atoms with Gasteiger partial charge in [0.15, 0.2) is 0 Å². The van der Waals surface area contributed by atoms with Crippen molar-refractivity contribution < 1.29 is 23.3 Å². The SMILES string of the molecule is [2H]c1c([2H])c2c([2H])c([2H])c3c([2H])cc(-c4ccccc4-c4ccc(-c5ccc6c(c5)-c5ccccc5C6(C)C)c(-c5c([2H])c([2H])c6c([2H])c([2H])c7c([2H])c([2H])c([2H])c8c([2H])c([2H])c5c6c78)c4)c4c([2H])c([2H])c(c1[2H])c2c34. The highest BCUT2D eigenvalue weighted by molar-refractivity contribution is 6.27. The van der Waals surface area contributed by atoms with E-state index in [1.807, 2.05) is 36.4 Å². The molecule has 0 fully saturated rings. The Bertz CT molecular complexity index is 4640.